The SMILES string of the molecule is CCc1cccc(C)c1NC(=O)COC(=O)C1CC(=O)N(c2ccc(C)c(C)c2)C1. The lowest BCUT2D eigenvalue weighted by Crippen LogP contribution is -2.28. The molecular weight excluding hydrogens is 380 g/mol. The van der Waals surface area contributed by atoms with E-state index >= 15 is 0 Å². The van der Waals surface area contributed by atoms with Crippen molar-refractivity contribution >= 4 is 29.2 Å². The largest absolute Gasteiger partial charge is 0.455 e. The molecule has 0 spiro atoms. The minimum Gasteiger partial charge on any atom is -0.455 e. The van der Waals surface area contributed by atoms with E-state index in [1.807, 2.05) is 64.1 Å². The van der Waals surface area contributed by atoms with Gasteiger partial charge < -0.3 is 15.0 Å². The molecule has 1 aliphatic heterocycles. The first-order valence-corrected chi connectivity index (χ1v) is 10.2. The van der Waals surface area contributed by atoms with Gasteiger partial charge in [0.25, 0.3) is 5.91 Å². The molecule has 3 rings (SSSR count). The van der Waals surface area contributed by atoms with Crippen LogP contribution in [-0.2, 0) is 25.5 Å². The molecule has 0 aliphatic carbocycles. The molecule has 6 nitrogen and oxygen atoms in total. The number of ether oxygens (including phenoxy) is 1. The summed E-state index contributed by atoms with van der Waals surface area (Å²) in [5, 5.41) is 2.84. The number of aryl methyl sites for hydroxylation is 4. The Morgan fingerprint density at radius 1 is 1.10 bits per heavy atom. The quantitative estimate of drug-likeness (QED) is 0.740. The van der Waals surface area contributed by atoms with Gasteiger partial charge in [0.2, 0.25) is 5.91 Å². The number of carbonyl (C=O) groups excluding carboxylic acids is 3. The molecule has 158 valence electrons. The minimum atomic E-state index is -0.573. The van der Waals surface area contributed by atoms with Crippen LogP contribution in [0.25, 0.3) is 0 Å². The molecule has 0 aromatic heterocycles. The maximum absolute atomic E-state index is 12.5. The Bertz CT molecular complexity index is 983. The van der Waals surface area contributed by atoms with Gasteiger partial charge in [-0.2, -0.15) is 0 Å². The van der Waals surface area contributed by atoms with Crippen LogP contribution < -0.4 is 10.2 Å². The average molecular weight is 408 g/mol. The van der Waals surface area contributed by atoms with E-state index in [0.29, 0.717) is 0 Å². The number of benzene rings is 2. The van der Waals surface area contributed by atoms with Crippen LogP contribution in [0.3, 0.4) is 0 Å². The second kappa shape index (κ2) is 9.11. The number of carbonyl (C=O) groups is 3. The van der Waals surface area contributed by atoms with Crippen molar-refractivity contribution in [1.29, 1.82) is 0 Å². The number of nitrogens with zero attached hydrogens (tertiary/aromatic N) is 1. The fourth-order valence-electron chi connectivity index (χ4n) is 3.64. The van der Waals surface area contributed by atoms with Gasteiger partial charge in [0.05, 0.1) is 5.92 Å². The minimum absolute atomic E-state index is 0.0884. The van der Waals surface area contributed by atoms with Gasteiger partial charge >= 0.3 is 5.97 Å². The smallest absolute Gasteiger partial charge is 0.311 e. The van der Waals surface area contributed by atoms with Crippen LogP contribution in [-0.4, -0.2) is 30.9 Å². The van der Waals surface area contributed by atoms with Gasteiger partial charge in [0.15, 0.2) is 6.61 Å². The second-order valence-corrected chi connectivity index (χ2v) is 7.79. The van der Waals surface area contributed by atoms with Gasteiger partial charge in [0, 0.05) is 24.3 Å². The van der Waals surface area contributed by atoms with Crippen molar-refractivity contribution in [3.8, 4) is 0 Å². The molecule has 0 bridgehead atoms. The second-order valence-electron chi connectivity index (χ2n) is 7.79. The lowest BCUT2D eigenvalue weighted by atomic mass is 10.1. The van der Waals surface area contributed by atoms with Gasteiger partial charge in [-0.25, -0.2) is 0 Å². The lowest BCUT2D eigenvalue weighted by molar-refractivity contribution is -0.151. The van der Waals surface area contributed by atoms with Crippen LogP contribution in [0.15, 0.2) is 36.4 Å². The third-order valence-electron chi connectivity index (χ3n) is 5.61. The van der Waals surface area contributed by atoms with E-state index in [0.717, 1.165) is 40.0 Å². The summed E-state index contributed by atoms with van der Waals surface area (Å²) in [5.41, 5.74) is 5.76. The van der Waals surface area contributed by atoms with Gasteiger partial charge in [-0.05, 0) is 61.6 Å². The number of anilines is 2. The van der Waals surface area contributed by atoms with Gasteiger partial charge in [-0.3, -0.25) is 14.4 Å². The number of para-hydroxylation sites is 1. The predicted molar refractivity (Wildman–Crippen MR) is 117 cm³/mol. The highest BCUT2D eigenvalue weighted by molar-refractivity contribution is 6.00. The zero-order chi connectivity index (χ0) is 21.8. The van der Waals surface area contributed by atoms with Crippen LogP contribution in [0.5, 0.6) is 0 Å². The highest BCUT2D eigenvalue weighted by Gasteiger charge is 2.36. The topological polar surface area (TPSA) is 75.7 Å². The molecule has 1 atom stereocenters. The van der Waals surface area contributed by atoms with Gasteiger partial charge in [-0.1, -0.05) is 31.2 Å². The maximum Gasteiger partial charge on any atom is 0.311 e. The number of rotatable bonds is 6. The third kappa shape index (κ3) is 4.70. The number of amides is 2. The zero-order valence-corrected chi connectivity index (χ0v) is 18.0. The first-order chi connectivity index (χ1) is 14.3. The summed E-state index contributed by atoms with van der Waals surface area (Å²) < 4.78 is 5.22. The molecule has 0 radical (unpaired) electrons. The van der Waals surface area contributed by atoms with Crippen molar-refractivity contribution in [1.82, 2.24) is 0 Å². The normalized spacial score (nSPS) is 15.9. The van der Waals surface area contributed by atoms with Gasteiger partial charge in [0.1, 0.15) is 0 Å². The molecule has 2 aromatic carbocycles. The zero-order valence-electron chi connectivity index (χ0n) is 18.0. The van der Waals surface area contributed by atoms with Gasteiger partial charge in [-0.15, -0.1) is 0 Å². The van der Waals surface area contributed by atoms with E-state index in [1.54, 1.807) is 4.90 Å². The highest BCUT2D eigenvalue weighted by atomic mass is 16.5. The Morgan fingerprint density at radius 2 is 1.87 bits per heavy atom. The molecule has 30 heavy (non-hydrogen) atoms. The Morgan fingerprint density at radius 3 is 2.57 bits per heavy atom. The van der Waals surface area contributed by atoms with E-state index < -0.39 is 11.9 Å². The lowest BCUT2D eigenvalue weighted by Gasteiger charge is -2.18. The molecule has 1 aliphatic rings. The van der Waals surface area contributed by atoms with Crippen molar-refractivity contribution < 1.29 is 19.1 Å². The number of hydrogen-bond donors (Lipinski definition) is 1. The van der Waals surface area contributed by atoms with Crippen molar-refractivity contribution in [2.24, 2.45) is 5.92 Å². The van der Waals surface area contributed by atoms with Crippen LogP contribution in [0.2, 0.25) is 0 Å². The van der Waals surface area contributed by atoms with Crippen molar-refractivity contribution in [2.45, 2.75) is 40.5 Å². The van der Waals surface area contributed by atoms with Crippen molar-refractivity contribution in [3.63, 3.8) is 0 Å². The van der Waals surface area contributed by atoms with E-state index in [4.69, 9.17) is 4.74 Å². The van der Waals surface area contributed by atoms with Crippen molar-refractivity contribution in [3.05, 3.63) is 58.7 Å². The molecule has 1 fully saturated rings. The summed E-state index contributed by atoms with van der Waals surface area (Å²) in [7, 11) is 0. The third-order valence-corrected chi connectivity index (χ3v) is 5.61. The molecule has 1 unspecified atom stereocenters. The summed E-state index contributed by atoms with van der Waals surface area (Å²) >= 11 is 0. The Labute approximate surface area is 177 Å². The molecular formula is C24H28N2O4. The van der Waals surface area contributed by atoms with Crippen LogP contribution in [0, 0.1) is 26.7 Å². The molecule has 0 saturated carbocycles. The first kappa shape index (κ1) is 21.6. The van der Waals surface area contributed by atoms with Crippen LogP contribution in [0.4, 0.5) is 11.4 Å². The molecule has 1 saturated heterocycles. The molecule has 2 amide bonds. The summed E-state index contributed by atoms with van der Waals surface area (Å²) in [4.78, 5) is 38.8. The Balaban J connectivity index is 1.57. The fraction of sp³-hybridized carbons (Fsp3) is 0.375. The summed E-state index contributed by atoms with van der Waals surface area (Å²) in [5.74, 6) is -1.60. The standard InChI is InChI=1S/C24H28N2O4/c1-5-18-8-6-7-16(3)23(18)25-21(27)14-30-24(29)19-12-22(28)26(13-19)20-10-9-15(2)17(4)11-20/h6-11,19H,5,12-14H2,1-4H3,(H,25,27). The molecule has 2 aromatic rings. The first-order valence-electron chi connectivity index (χ1n) is 10.2. The van der Waals surface area contributed by atoms with E-state index in [-0.39, 0.29) is 31.4 Å². The number of nitrogens with one attached hydrogen (secondary N) is 1. The van der Waals surface area contributed by atoms with E-state index in [1.165, 1.54) is 0 Å². The van der Waals surface area contributed by atoms with E-state index in [2.05, 4.69) is 5.32 Å². The predicted octanol–water partition coefficient (Wildman–Crippen LogP) is 3.71. The molecule has 1 N–H and O–H groups in total. The average Bonchev–Trinajstić information content (AvgIpc) is 3.11. The highest BCUT2D eigenvalue weighted by Crippen LogP contribution is 2.27. The monoisotopic (exact) mass is 408 g/mol. The number of hydrogen-bond acceptors (Lipinski definition) is 4. The molecule has 1 heterocycles. The Hall–Kier alpha value is -3.15. The summed E-state index contributed by atoms with van der Waals surface area (Å²) in [6, 6.07) is 11.6. The summed E-state index contributed by atoms with van der Waals surface area (Å²) in [6.45, 7) is 7.83. The maximum atomic E-state index is 12.5. The Kier molecular flexibility index (Phi) is 6.55. The summed E-state index contributed by atoms with van der Waals surface area (Å²) in [6.07, 6.45) is 0.876. The fourth-order valence-corrected chi connectivity index (χ4v) is 3.64. The van der Waals surface area contributed by atoms with Crippen molar-refractivity contribution in [2.75, 3.05) is 23.4 Å². The number of esters is 1. The van der Waals surface area contributed by atoms with Crippen LogP contribution >= 0.6 is 0 Å². The molecule has 6 heteroatoms. The van der Waals surface area contributed by atoms with E-state index in [9.17, 15) is 14.4 Å². The van der Waals surface area contributed by atoms with Crippen LogP contribution in [0.1, 0.15) is 35.6 Å².